The number of fused-ring (bicyclic) bond motifs is 1. The number of aryl methyl sites for hydroxylation is 1. The highest BCUT2D eigenvalue weighted by molar-refractivity contribution is 6.76. The molecule has 0 aliphatic heterocycles. The number of carbonyl (C=O) groups is 1. The lowest BCUT2D eigenvalue weighted by atomic mass is 9.93. The number of aromatic nitrogens is 5. The second-order valence-corrected chi connectivity index (χ2v) is 16.3. The molecule has 3 heterocycles. The van der Waals surface area contributed by atoms with E-state index < -0.39 is 8.07 Å². The van der Waals surface area contributed by atoms with Crippen molar-refractivity contribution < 1.29 is 9.53 Å². The van der Waals surface area contributed by atoms with E-state index >= 15 is 0 Å². The van der Waals surface area contributed by atoms with Gasteiger partial charge < -0.3 is 4.74 Å². The number of Topliss-reactive ketones (excluding diaryl/α,β-unsaturated/α-hetero) is 1. The van der Waals surface area contributed by atoms with Gasteiger partial charge in [0.2, 0.25) is 0 Å². The normalized spacial score (nSPS) is 12.1. The Morgan fingerprint density at radius 3 is 2.46 bits per heavy atom. The van der Waals surface area contributed by atoms with Gasteiger partial charge in [0.1, 0.15) is 13.1 Å². The average molecular weight is 490 g/mol. The van der Waals surface area contributed by atoms with Crippen molar-refractivity contribution in [3.63, 3.8) is 0 Å². The van der Waals surface area contributed by atoms with Crippen LogP contribution in [0, 0.1) is 6.92 Å². The lowest BCUT2D eigenvalue weighted by Crippen LogP contribution is -2.22. The lowest BCUT2D eigenvalue weighted by molar-refractivity contribution is 0.0799. The number of nitrogens with zero attached hydrogens (tertiary/aromatic N) is 5. The molecule has 0 amide bonds. The van der Waals surface area contributed by atoms with Crippen molar-refractivity contribution >= 4 is 19.5 Å². The van der Waals surface area contributed by atoms with Gasteiger partial charge in [-0.1, -0.05) is 57.8 Å². The molecule has 0 saturated heterocycles. The van der Waals surface area contributed by atoms with E-state index in [0.29, 0.717) is 12.3 Å². The molecule has 3 aromatic heterocycles. The lowest BCUT2D eigenvalue weighted by Gasteiger charge is -2.16. The van der Waals surface area contributed by atoms with Gasteiger partial charge in [-0.3, -0.25) is 4.79 Å². The highest BCUT2D eigenvalue weighted by Crippen LogP contribution is 2.38. The quantitative estimate of drug-likeness (QED) is 0.159. The SMILES string of the molecule is CC(=O)c1ccc(-c2nn(COCC[Si](C)(C)C)c(-c3cc(C)c4ncnn4c3)c2C(C)C)cc1. The molecule has 4 aromatic rings. The van der Waals surface area contributed by atoms with Crippen molar-refractivity contribution in [2.45, 2.75) is 66.0 Å². The molecule has 0 aliphatic carbocycles. The van der Waals surface area contributed by atoms with E-state index in [4.69, 9.17) is 9.84 Å². The maximum absolute atomic E-state index is 11.8. The maximum Gasteiger partial charge on any atom is 0.159 e. The summed E-state index contributed by atoms with van der Waals surface area (Å²) in [6, 6.07) is 11.0. The third kappa shape index (κ3) is 5.44. The third-order valence-corrected chi connectivity index (χ3v) is 7.88. The molecule has 0 atom stereocenters. The Balaban J connectivity index is 1.84. The van der Waals surface area contributed by atoms with Crippen molar-refractivity contribution in [1.29, 1.82) is 0 Å². The number of carbonyl (C=O) groups excluding carboxylic acids is 1. The van der Waals surface area contributed by atoms with Crippen LogP contribution in [0.4, 0.5) is 0 Å². The molecule has 184 valence electrons. The fraction of sp³-hybridized carbons (Fsp3) is 0.407. The first-order chi connectivity index (χ1) is 16.5. The van der Waals surface area contributed by atoms with E-state index in [-0.39, 0.29) is 11.7 Å². The van der Waals surface area contributed by atoms with Crippen LogP contribution < -0.4 is 0 Å². The van der Waals surface area contributed by atoms with Crippen LogP contribution in [0.15, 0.2) is 42.9 Å². The molecule has 0 radical (unpaired) electrons. The molecule has 1 aromatic carbocycles. The fourth-order valence-electron chi connectivity index (χ4n) is 4.25. The molecule has 0 saturated carbocycles. The molecule has 0 spiro atoms. The topological polar surface area (TPSA) is 74.3 Å². The summed E-state index contributed by atoms with van der Waals surface area (Å²) in [5.74, 6) is 0.272. The van der Waals surface area contributed by atoms with Gasteiger partial charge in [-0.05, 0) is 37.4 Å². The van der Waals surface area contributed by atoms with E-state index in [0.717, 1.165) is 51.9 Å². The van der Waals surface area contributed by atoms with Crippen LogP contribution in [0.5, 0.6) is 0 Å². The van der Waals surface area contributed by atoms with Gasteiger partial charge in [0.05, 0.1) is 11.4 Å². The minimum Gasteiger partial charge on any atom is -0.360 e. The zero-order valence-corrected chi connectivity index (χ0v) is 22.8. The molecular weight excluding hydrogens is 454 g/mol. The molecule has 0 unspecified atom stereocenters. The van der Waals surface area contributed by atoms with E-state index in [1.807, 2.05) is 39.7 Å². The Morgan fingerprint density at radius 1 is 1.11 bits per heavy atom. The molecular formula is C27H35N5O2Si. The summed E-state index contributed by atoms with van der Waals surface area (Å²) in [5.41, 5.74) is 7.69. The average Bonchev–Trinajstić information content (AvgIpc) is 3.41. The Bertz CT molecular complexity index is 1350. The highest BCUT2D eigenvalue weighted by Gasteiger charge is 2.24. The third-order valence-electron chi connectivity index (χ3n) is 6.17. The van der Waals surface area contributed by atoms with Gasteiger partial charge in [-0.15, -0.1) is 0 Å². The van der Waals surface area contributed by atoms with E-state index in [2.05, 4.69) is 56.6 Å². The van der Waals surface area contributed by atoms with Crippen molar-refractivity contribution in [2.75, 3.05) is 6.61 Å². The number of ether oxygens (including phenoxy) is 1. The second-order valence-electron chi connectivity index (χ2n) is 10.7. The molecule has 7 nitrogen and oxygen atoms in total. The van der Waals surface area contributed by atoms with Gasteiger partial charge in [0, 0.05) is 43.1 Å². The molecule has 8 heteroatoms. The summed E-state index contributed by atoms with van der Waals surface area (Å²) in [5, 5.41) is 9.44. The number of hydrogen-bond acceptors (Lipinski definition) is 5. The van der Waals surface area contributed by atoms with E-state index in [1.54, 1.807) is 13.3 Å². The van der Waals surface area contributed by atoms with Gasteiger partial charge in [-0.2, -0.15) is 10.2 Å². The number of hydrogen-bond donors (Lipinski definition) is 0. The molecule has 0 aliphatic rings. The number of ketones is 1. The molecule has 4 rings (SSSR count). The fourth-order valence-corrected chi connectivity index (χ4v) is 5.01. The Kier molecular flexibility index (Phi) is 7.05. The summed E-state index contributed by atoms with van der Waals surface area (Å²) in [6.45, 7) is 16.2. The highest BCUT2D eigenvalue weighted by atomic mass is 28.3. The van der Waals surface area contributed by atoms with Crippen LogP contribution in [0.3, 0.4) is 0 Å². The number of rotatable bonds is 9. The molecule has 0 N–H and O–H groups in total. The number of pyridine rings is 1. The minimum atomic E-state index is -1.19. The van der Waals surface area contributed by atoms with Gasteiger partial charge in [0.25, 0.3) is 0 Å². The largest absolute Gasteiger partial charge is 0.360 e. The first kappa shape index (κ1) is 25.0. The molecule has 0 bridgehead atoms. The maximum atomic E-state index is 11.8. The van der Waals surface area contributed by atoms with Crippen molar-refractivity contribution in [2.24, 2.45) is 0 Å². The first-order valence-electron chi connectivity index (χ1n) is 12.2. The smallest absolute Gasteiger partial charge is 0.159 e. The minimum absolute atomic E-state index is 0.0549. The van der Waals surface area contributed by atoms with Gasteiger partial charge in [-0.25, -0.2) is 14.2 Å². The van der Waals surface area contributed by atoms with Crippen LogP contribution in [0.25, 0.3) is 28.2 Å². The summed E-state index contributed by atoms with van der Waals surface area (Å²) in [7, 11) is -1.19. The summed E-state index contributed by atoms with van der Waals surface area (Å²) >= 11 is 0. The van der Waals surface area contributed by atoms with E-state index in [9.17, 15) is 4.79 Å². The van der Waals surface area contributed by atoms with Crippen molar-refractivity contribution in [1.82, 2.24) is 24.4 Å². The van der Waals surface area contributed by atoms with Crippen LogP contribution in [0.1, 0.15) is 48.2 Å². The predicted octanol–water partition coefficient (Wildman–Crippen LogP) is 6.21. The van der Waals surface area contributed by atoms with Crippen LogP contribution >= 0.6 is 0 Å². The number of benzene rings is 1. The van der Waals surface area contributed by atoms with Gasteiger partial charge >= 0.3 is 0 Å². The monoisotopic (exact) mass is 489 g/mol. The standard InChI is InChI=1S/C27H35N5O2Si/c1-18(2)24-25(22-10-8-21(9-11-22)20(4)33)30-32(17-34-12-13-35(5,6)7)26(24)23-14-19(3)27-28-16-29-31(27)15-23/h8-11,14-16,18H,12-13,17H2,1-7H3. The van der Waals surface area contributed by atoms with Crippen molar-refractivity contribution in [3.8, 4) is 22.5 Å². The zero-order chi connectivity index (χ0) is 25.3. The first-order valence-corrected chi connectivity index (χ1v) is 15.9. The predicted molar refractivity (Wildman–Crippen MR) is 143 cm³/mol. The summed E-state index contributed by atoms with van der Waals surface area (Å²) in [4.78, 5) is 16.2. The van der Waals surface area contributed by atoms with Crippen LogP contribution in [-0.4, -0.2) is 44.8 Å². The Labute approximate surface area is 208 Å². The summed E-state index contributed by atoms with van der Waals surface area (Å²) in [6.07, 6.45) is 3.59. The Morgan fingerprint density at radius 2 is 1.83 bits per heavy atom. The second kappa shape index (κ2) is 9.87. The summed E-state index contributed by atoms with van der Waals surface area (Å²) < 4.78 is 9.95. The molecule has 0 fully saturated rings. The van der Waals surface area contributed by atoms with Crippen LogP contribution in [-0.2, 0) is 11.5 Å². The van der Waals surface area contributed by atoms with Crippen molar-refractivity contribution in [3.05, 3.63) is 59.5 Å². The molecule has 35 heavy (non-hydrogen) atoms. The Hall–Kier alpha value is -3.10. The van der Waals surface area contributed by atoms with Crippen LogP contribution in [0.2, 0.25) is 25.7 Å². The zero-order valence-electron chi connectivity index (χ0n) is 21.8. The van der Waals surface area contributed by atoms with E-state index in [1.165, 1.54) is 0 Å². The van der Waals surface area contributed by atoms with Gasteiger partial charge in [0.15, 0.2) is 11.4 Å².